The Morgan fingerprint density at radius 1 is 1.06 bits per heavy atom. The predicted octanol–water partition coefficient (Wildman–Crippen LogP) is 1.96. The number of phenols is 3. The third-order valence-electron chi connectivity index (χ3n) is 5.68. The number of halogens is 1. The van der Waals surface area contributed by atoms with E-state index < -0.39 is 29.5 Å². The molecule has 4 N–H and O–H groups in total. The molecule has 0 bridgehead atoms. The van der Waals surface area contributed by atoms with Crippen LogP contribution in [0.4, 0.5) is 0 Å². The number of ether oxygens (including phenoxy) is 3. The zero-order chi connectivity index (χ0) is 24.6. The number of ketones is 2. The van der Waals surface area contributed by atoms with Gasteiger partial charge in [-0.3, -0.25) is 14.5 Å². The second-order valence-corrected chi connectivity index (χ2v) is 8.70. The molecule has 0 radical (unpaired) electrons. The number of aliphatic hydroxyl groups is 1. The summed E-state index contributed by atoms with van der Waals surface area (Å²) in [6.45, 7) is 5.56. The van der Waals surface area contributed by atoms with E-state index in [4.69, 9.17) is 14.2 Å². The van der Waals surface area contributed by atoms with Crippen molar-refractivity contribution in [3.63, 3.8) is 0 Å². The van der Waals surface area contributed by atoms with Gasteiger partial charge in [0.2, 0.25) is 11.6 Å². The van der Waals surface area contributed by atoms with Crippen molar-refractivity contribution in [3.05, 3.63) is 41.5 Å². The van der Waals surface area contributed by atoms with Crippen LogP contribution in [-0.2, 0) is 9.53 Å². The number of phenolic OH excluding ortho intramolecular Hbond substituents is 3. The maximum absolute atomic E-state index is 12.7. The fourth-order valence-electron chi connectivity index (χ4n) is 4.33. The number of aliphatic hydroxyl groups excluding tert-OH is 1. The van der Waals surface area contributed by atoms with Crippen molar-refractivity contribution in [2.75, 3.05) is 26.2 Å². The summed E-state index contributed by atoms with van der Waals surface area (Å²) in [5.74, 6) is -3.09. The minimum atomic E-state index is -1.36. The quantitative estimate of drug-likeness (QED) is 0.426. The normalized spacial score (nSPS) is 23.1. The van der Waals surface area contributed by atoms with Gasteiger partial charge in [-0.2, -0.15) is 0 Å². The van der Waals surface area contributed by atoms with Gasteiger partial charge in [-0.15, -0.1) is 12.4 Å². The lowest BCUT2D eigenvalue weighted by atomic mass is 9.94. The van der Waals surface area contributed by atoms with Crippen LogP contribution in [0.1, 0.15) is 35.9 Å². The summed E-state index contributed by atoms with van der Waals surface area (Å²) in [6, 6.07) is 6.12. The van der Waals surface area contributed by atoms with Crippen molar-refractivity contribution < 1.29 is 44.2 Å². The van der Waals surface area contributed by atoms with Crippen molar-refractivity contribution in [1.29, 1.82) is 0 Å². The number of benzene rings is 2. The minimum absolute atomic E-state index is 0. The summed E-state index contributed by atoms with van der Waals surface area (Å²) in [4.78, 5) is 27.3. The summed E-state index contributed by atoms with van der Waals surface area (Å²) in [5.41, 5.74) is -0.0888. The minimum Gasteiger partial charge on any atom is -0.508 e. The van der Waals surface area contributed by atoms with Crippen LogP contribution in [0.15, 0.2) is 30.3 Å². The molecule has 0 amide bonds. The Bertz CT molecular complexity index is 1100. The van der Waals surface area contributed by atoms with Crippen molar-refractivity contribution in [2.24, 2.45) is 0 Å². The van der Waals surface area contributed by atoms with Gasteiger partial charge in [0.05, 0.1) is 12.2 Å². The molecule has 2 aliphatic heterocycles. The molecule has 2 aliphatic rings. The SMILES string of the molecule is C[C@@H]1CN(CC(O)COc2cc(C3Oc4cc(O)cc(O)c4C(=O)C3=O)ccc2O)C[C@H](C)O1.Cl. The highest BCUT2D eigenvalue weighted by atomic mass is 35.5. The molecule has 0 aromatic heterocycles. The molecule has 2 aromatic rings. The van der Waals surface area contributed by atoms with E-state index in [0.29, 0.717) is 19.6 Å². The second-order valence-electron chi connectivity index (χ2n) is 8.70. The Morgan fingerprint density at radius 3 is 2.43 bits per heavy atom. The number of hydrogen-bond acceptors (Lipinski definition) is 10. The summed E-state index contributed by atoms with van der Waals surface area (Å²) in [7, 11) is 0. The van der Waals surface area contributed by atoms with Crippen LogP contribution < -0.4 is 9.47 Å². The smallest absolute Gasteiger partial charge is 0.248 e. The number of Topliss-reactive ketones (excluding diaryl/α,β-unsaturated/α-hetero) is 2. The van der Waals surface area contributed by atoms with Gasteiger partial charge in [-0.05, 0) is 26.0 Å². The maximum Gasteiger partial charge on any atom is 0.248 e. The second kappa shape index (κ2) is 10.7. The van der Waals surface area contributed by atoms with E-state index >= 15 is 0 Å². The van der Waals surface area contributed by atoms with Gasteiger partial charge in [0.25, 0.3) is 0 Å². The van der Waals surface area contributed by atoms with Crippen LogP contribution in [0.2, 0.25) is 0 Å². The first-order chi connectivity index (χ1) is 16.1. The lowest BCUT2D eigenvalue weighted by Gasteiger charge is -2.36. The van der Waals surface area contributed by atoms with E-state index in [9.17, 15) is 30.0 Å². The molecule has 10 nitrogen and oxygen atoms in total. The summed E-state index contributed by atoms with van der Waals surface area (Å²) >= 11 is 0. The van der Waals surface area contributed by atoms with Gasteiger partial charge in [0.15, 0.2) is 17.6 Å². The monoisotopic (exact) mass is 509 g/mol. The molecule has 190 valence electrons. The summed E-state index contributed by atoms with van der Waals surface area (Å²) in [6.07, 6.45) is -2.08. The number of morpholine rings is 1. The van der Waals surface area contributed by atoms with E-state index in [1.54, 1.807) is 0 Å². The lowest BCUT2D eigenvalue weighted by Crippen LogP contribution is -2.48. The van der Waals surface area contributed by atoms with Crippen LogP contribution in [0.5, 0.6) is 28.7 Å². The Balaban J connectivity index is 0.00000342. The van der Waals surface area contributed by atoms with E-state index in [1.165, 1.54) is 18.2 Å². The molecule has 11 heteroatoms. The molecule has 1 fully saturated rings. The Labute approximate surface area is 208 Å². The molecule has 1 saturated heterocycles. The van der Waals surface area contributed by atoms with Crippen LogP contribution >= 0.6 is 12.4 Å². The lowest BCUT2D eigenvalue weighted by molar-refractivity contribution is -0.122. The first-order valence-corrected chi connectivity index (χ1v) is 10.9. The molecule has 0 spiro atoms. The van der Waals surface area contributed by atoms with Gasteiger partial charge < -0.3 is 34.6 Å². The number of hydrogen-bond donors (Lipinski definition) is 4. The third kappa shape index (κ3) is 5.79. The summed E-state index contributed by atoms with van der Waals surface area (Å²) in [5, 5.41) is 40.3. The molecule has 2 unspecified atom stereocenters. The summed E-state index contributed by atoms with van der Waals surface area (Å²) < 4.78 is 16.9. The molecule has 35 heavy (non-hydrogen) atoms. The largest absolute Gasteiger partial charge is 0.508 e. The van der Waals surface area contributed by atoms with E-state index in [1.807, 2.05) is 13.8 Å². The van der Waals surface area contributed by atoms with Gasteiger partial charge >= 0.3 is 0 Å². The average molecular weight is 510 g/mol. The van der Waals surface area contributed by atoms with Crippen molar-refractivity contribution in [1.82, 2.24) is 4.90 Å². The number of nitrogens with zero attached hydrogens (tertiary/aromatic N) is 1. The van der Waals surface area contributed by atoms with Crippen LogP contribution in [0, 0.1) is 0 Å². The molecule has 4 atom stereocenters. The van der Waals surface area contributed by atoms with Crippen LogP contribution in [-0.4, -0.2) is 81.4 Å². The highest BCUT2D eigenvalue weighted by Gasteiger charge is 2.39. The standard InChI is InChI=1S/C24H27NO9.ClH/c1-12-8-25(9-13(2)33-12)10-16(27)11-32-19-5-14(3-4-17(19)28)24-23(31)22(30)21-18(29)6-15(26)7-20(21)34-24;/h3-7,12-13,16,24,26-29H,8-11H2,1-2H3;1H/t12-,13+,16?,24?;. The highest BCUT2D eigenvalue weighted by Crippen LogP contribution is 2.41. The molecule has 2 heterocycles. The van der Waals surface area contributed by atoms with E-state index in [0.717, 1.165) is 12.1 Å². The fourth-order valence-corrected chi connectivity index (χ4v) is 4.33. The number of carbonyl (C=O) groups is 2. The molecular formula is C24H28ClNO9. The number of fused-ring (bicyclic) bond motifs is 1. The highest BCUT2D eigenvalue weighted by molar-refractivity contribution is 6.47. The topological polar surface area (TPSA) is 146 Å². The van der Waals surface area contributed by atoms with E-state index in [-0.39, 0.29) is 65.3 Å². The molecule has 2 aromatic carbocycles. The van der Waals surface area contributed by atoms with Crippen LogP contribution in [0.25, 0.3) is 0 Å². The first kappa shape index (κ1) is 26.6. The predicted molar refractivity (Wildman–Crippen MR) is 126 cm³/mol. The molecule has 4 rings (SSSR count). The zero-order valence-electron chi connectivity index (χ0n) is 19.2. The Hall–Kier alpha value is -3.05. The van der Waals surface area contributed by atoms with Gasteiger partial charge in [-0.25, -0.2) is 0 Å². The number of β-amino-alcohol motifs (C(OH)–C–C–N with tert-alkyl or cyclic N) is 1. The number of aromatic hydroxyl groups is 3. The zero-order valence-corrected chi connectivity index (χ0v) is 20.0. The van der Waals surface area contributed by atoms with Gasteiger partial charge in [0, 0.05) is 37.3 Å². The molecule has 0 saturated carbocycles. The average Bonchev–Trinajstić information content (AvgIpc) is 2.74. The van der Waals surface area contributed by atoms with Gasteiger partial charge in [0.1, 0.15) is 35.5 Å². The van der Waals surface area contributed by atoms with Crippen LogP contribution in [0.3, 0.4) is 0 Å². The Kier molecular flexibility index (Phi) is 8.11. The van der Waals surface area contributed by atoms with Crippen molar-refractivity contribution >= 4 is 24.0 Å². The molecule has 0 aliphatic carbocycles. The Morgan fingerprint density at radius 2 is 1.74 bits per heavy atom. The van der Waals surface area contributed by atoms with Crippen molar-refractivity contribution in [3.8, 4) is 28.7 Å². The maximum atomic E-state index is 12.7. The van der Waals surface area contributed by atoms with Crippen molar-refractivity contribution in [2.45, 2.75) is 38.3 Å². The third-order valence-corrected chi connectivity index (χ3v) is 5.68. The number of carbonyl (C=O) groups excluding carboxylic acids is 2. The van der Waals surface area contributed by atoms with Gasteiger partial charge in [-0.1, -0.05) is 6.07 Å². The first-order valence-electron chi connectivity index (χ1n) is 10.9. The number of rotatable bonds is 6. The molecular weight excluding hydrogens is 482 g/mol. The fraction of sp³-hybridized carbons (Fsp3) is 0.417. The van der Waals surface area contributed by atoms with E-state index in [2.05, 4.69) is 4.90 Å².